The Morgan fingerprint density at radius 1 is 1.13 bits per heavy atom. The maximum absolute atomic E-state index is 11.6. The van der Waals surface area contributed by atoms with Crippen LogP contribution >= 0.6 is 0 Å². The Labute approximate surface area is 89.0 Å². The minimum Gasteiger partial charge on any atom is -0.294 e. The molecular formula is C14H12O. The molecule has 0 unspecified atom stereocenters. The molecule has 0 N–H and O–H groups in total. The Morgan fingerprint density at radius 2 is 1.87 bits per heavy atom. The lowest BCUT2D eigenvalue weighted by molar-refractivity contribution is 0.0996. The lowest BCUT2D eigenvalue weighted by Crippen LogP contribution is -1.96. The van der Waals surface area contributed by atoms with Gasteiger partial charge in [0.15, 0.2) is 5.78 Å². The number of allylic oxidation sites excluding steroid dienone is 1. The van der Waals surface area contributed by atoms with Crippen LogP contribution < -0.4 is 0 Å². The van der Waals surface area contributed by atoms with Gasteiger partial charge in [-0.05, 0) is 16.8 Å². The molecule has 0 fully saturated rings. The van der Waals surface area contributed by atoms with Gasteiger partial charge in [0.1, 0.15) is 0 Å². The highest BCUT2D eigenvalue weighted by Gasteiger charge is 2.03. The number of Topliss-reactive ketones (excluding diaryl/α,β-unsaturated/α-hetero) is 1. The van der Waals surface area contributed by atoms with Gasteiger partial charge in [0, 0.05) is 12.0 Å². The van der Waals surface area contributed by atoms with Crippen molar-refractivity contribution in [3.05, 3.63) is 60.7 Å². The predicted molar refractivity (Wildman–Crippen MR) is 63.1 cm³/mol. The zero-order valence-corrected chi connectivity index (χ0v) is 8.44. The Bertz CT molecular complexity index is 511. The second-order valence-corrected chi connectivity index (χ2v) is 3.48. The molecule has 15 heavy (non-hydrogen) atoms. The topological polar surface area (TPSA) is 17.1 Å². The third kappa shape index (κ3) is 1.96. The number of fused-ring (bicyclic) bond motifs is 1. The lowest BCUT2D eigenvalue weighted by atomic mass is 10.0. The summed E-state index contributed by atoms with van der Waals surface area (Å²) in [4.78, 5) is 11.6. The van der Waals surface area contributed by atoms with Gasteiger partial charge in [0.05, 0.1) is 0 Å². The molecule has 1 nitrogen and oxygen atoms in total. The van der Waals surface area contributed by atoms with Crippen molar-refractivity contribution in [3.63, 3.8) is 0 Å². The second kappa shape index (κ2) is 4.09. The molecule has 2 rings (SSSR count). The molecule has 0 saturated heterocycles. The minimum atomic E-state index is 0.121. The first-order valence-electron chi connectivity index (χ1n) is 4.94. The first-order valence-corrected chi connectivity index (χ1v) is 4.94. The molecule has 0 heterocycles. The number of carbonyl (C=O) groups excluding carboxylic acids is 1. The number of carbonyl (C=O) groups is 1. The highest BCUT2D eigenvalue weighted by atomic mass is 16.1. The van der Waals surface area contributed by atoms with Crippen molar-refractivity contribution in [2.45, 2.75) is 6.42 Å². The van der Waals surface area contributed by atoms with Crippen molar-refractivity contribution in [1.29, 1.82) is 0 Å². The fraction of sp³-hybridized carbons (Fsp3) is 0.0714. The molecule has 74 valence electrons. The molecule has 0 aromatic heterocycles. The maximum Gasteiger partial charge on any atom is 0.166 e. The van der Waals surface area contributed by atoms with Crippen molar-refractivity contribution in [2.75, 3.05) is 0 Å². The summed E-state index contributed by atoms with van der Waals surface area (Å²) in [5, 5.41) is 2.26. The molecule has 0 bridgehead atoms. The standard InChI is InChI=1S/C14H12O/c1-2-5-14(15)13-9-8-11-6-3-4-7-12(11)10-13/h2-4,6-10H,1,5H2. The Morgan fingerprint density at radius 3 is 2.60 bits per heavy atom. The van der Waals surface area contributed by atoms with E-state index in [0.717, 1.165) is 16.3 Å². The first kappa shape index (κ1) is 9.66. The Kier molecular flexibility index (Phi) is 2.64. The maximum atomic E-state index is 11.6. The molecule has 1 heteroatoms. The van der Waals surface area contributed by atoms with Gasteiger partial charge in [0.25, 0.3) is 0 Å². The molecule has 0 atom stereocenters. The molecule has 0 radical (unpaired) electrons. The monoisotopic (exact) mass is 196 g/mol. The molecular weight excluding hydrogens is 184 g/mol. The van der Waals surface area contributed by atoms with Gasteiger partial charge in [-0.3, -0.25) is 4.79 Å². The van der Waals surface area contributed by atoms with E-state index in [9.17, 15) is 4.79 Å². The first-order chi connectivity index (χ1) is 7.31. The average molecular weight is 196 g/mol. The summed E-state index contributed by atoms with van der Waals surface area (Å²) in [5.41, 5.74) is 0.758. The van der Waals surface area contributed by atoms with Gasteiger partial charge in [-0.15, -0.1) is 6.58 Å². The number of benzene rings is 2. The quantitative estimate of drug-likeness (QED) is 0.541. The fourth-order valence-electron chi connectivity index (χ4n) is 1.61. The Hall–Kier alpha value is -1.89. The van der Waals surface area contributed by atoms with Crippen LogP contribution in [0.2, 0.25) is 0 Å². The van der Waals surface area contributed by atoms with Crippen LogP contribution in [0.3, 0.4) is 0 Å². The molecule has 0 aliphatic heterocycles. The number of ketones is 1. The average Bonchev–Trinajstić information content (AvgIpc) is 2.29. The molecule has 0 aliphatic rings. The summed E-state index contributed by atoms with van der Waals surface area (Å²) in [6.07, 6.45) is 2.04. The van der Waals surface area contributed by atoms with Crippen molar-refractivity contribution in [1.82, 2.24) is 0 Å². The van der Waals surface area contributed by atoms with Crippen LogP contribution in [0.5, 0.6) is 0 Å². The smallest absolute Gasteiger partial charge is 0.166 e. The van der Waals surface area contributed by atoms with Gasteiger partial charge in [0.2, 0.25) is 0 Å². The lowest BCUT2D eigenvalue weighted by Gasteiger charge is -2.01. The van der Waals surface area contributed by atoms with Crippen LogP contribution in [0.4, 0.5) is 0 Å². The number of hydrogen-bond acceptors (Lipinski definition) is 1. The van der Waals surface area contributed by atoms with Crippen LogP contribution in [-0.2, 0) is 0 Å². The largest absolute Gasteiger partial charge is 0.294 e. The summed E-state index contributed by atoms with van der Waals surface area (Å²) in [6, 6.07) is 13.8. The summed E-state index contributed by atoms with van der Waals surface area (Å²) in [6.45, 7) is 3.57. The molecule has 2 aromatic rings. The summed E-state index contributed by atoms with van der Waals surface area (Å²) in [5.74, 6) is 0.121. The van der Waals surface area contributed by atoms with E-state index in [4.69, 9.17) is 0 Å². The molecule has 2 aromatic carbocycles. The van der Waals surface area contributed by atoms with E-state index in [2.05, 4.69) is 6.58 Å². The highest BCUT2D eigenvalue weighted by Crippen LogP contribution is 2.16. The van der Waals surface area contributed by atoms with Crippen molar-refractivity contribution in [2.24, 2.45) is 0 Å². The van der Waals surface area contributed by atoms with E-state index in [1.807, 2.05) is 42.5 Å². The zero-order chi connectivity index (χ0) is 10.7. The molecule has 0 aliphatic carbocycles. The van der Waals surface area contributed by atoms with E-state index < -0.39 is 0 Å². The zero-order valence-electron chi connectivity index (χ0n) is 8.44. The van der Waals surface area contributed by atoms with Crippen molar-refractivity contribution >= 4 is 16.6 Å². The second-order valence-electron chi connectivity index (χ2n) is 3.48. The Balaban J connectivity index is 2.46. The van der Waals surface area contributed by atoms with E-state index in [0.29, 0.717) is 6.42 Å². The molecule has 0 amide bonds. The highest BCUT2D eigenvalue weighted by molar-refractivity contribution is 6.00. The van der Waals surface area contributed by atoms with E-state index in [1.165, 1.54) is 0 Å². The fourth-order valence-corrected chi connectivity index (χ4v) is 1.61. The van der Waals surface area contributed by atoms with E-state index >= 15 is 0 Å². The molecule has 0 saturated carbocycles. The summed E-state index contributed by atoms with van der Waals surface area (Å²) < 4.78 is 0. The van der Waals surface area contributed by atoms with Gasteiger partial charge < -0.3 is 0 Å². The minimum absolute atomic E-state index is 0.121. The van der Waals surface area contributed by atoms with Gasteiger partial charge >= 0.3 is 0 Å². The van der Waals surface area contributed by atoms with Gasteiger partial charge in [-0.2, -0.15) is 0 Å². The number of hydrogen-bond donors (Lipinski definition) is 0. The van der Waals surface area contributed by atoms with Crippen molar-refractivity contribution < 1.29 is 4.79 Å². The third-order valence-corrected chi connectivity index (χ3v) is 2.40. The molecule has 0 spiro atoms. The van der Waals surface area contributed by atoms with Gasteiger partial charge in [-0.25, -0.2) is 0 Å². The van der Waals surface area contributed by atoms with Crippen molar-refractivity contribution in [3.8, 4) is 0 Å². The third-order valence-electron chi connectivity index (χ3n) is 2.40. The summed E-state index contributed by atoms with van der Waals surface area (Å²) >= 11 is 0. The summed E-state index contributed by atoms with van der Waals surface area (Å²) in [7, 11) is 0. The van der Waals surface area contributed by atoms with E-state index in [1.54, 1.807) is 6.08 Å². The van der Waals surface area contributed by atoms with Crippen LogP contribution in [0, 0.1) is 0 Å². The van der Waals surface area contributed by atoms with E-state index in [-0.39, 0.29) is 5.78 Å². The SMILES string of the molecule is C=CCC(=O)c1ccc2ccccc2c1. The van der Waals surface area contributed by atoms with Gasteiger partial charge in [-0.1, -0.05) is 42.5 Å². The predicted octanol–water partition coefficient (Wildman–Crippen LogP) is 3.60. The van der Waals surface area contributed by atoms with Crippen LogP contribution in [0.1, 0.15) is 16.8 Å². The number of rotatable bonds is 3. The van der Waals surface area contributed by atoms with Crippen LogP contribution in [-0.4, -0.2) is 5.78 Å². The normalized spacial score (nSPS) is 10.1. The van der Waals surface area contributed by atoms with Crippen LogP contribution in [0.15, 0.2) is 55.1 Å². The van der Waals surface area contributed by atoms with Crippen LogP contribution in [0.25, 0.3) is 10.8 Å².